The summed E-state index contributed by atoms with van der Waals surface area (Å²) in [6.07, 6.45) is 16.7. The first-order valence-electron chi connectivity index (χ1n) is 9.27. The summed E-state index contributed by atoms with van der Waals surface area (Å²) >= 11 is 0. The van der Waals surface area contributed by atoms with E-state index in [1.54, 1.807) is 0 Å². The Morgan fingerprint density at radius 3 is 1.55 bits per heavy atom. The molecule has 0 aliphatic rings. The molecule has 0 amide bonds. The quantitative estimate of drug-likeness (QED) is 0.406. The van der Waals surface area contributed by atoms with Gasteiger partial charge in [-0.2, -0.15) is 0 Å². The Labute approximate surface area is 128 Å². The zero-order chi connectivity index (χ0) is 14.9. The Balaban J connectivity index is 3.27. The molecule has 0 atom stereocenters. The predicted octanol–water partition coefficient (Wildman–Crippen LogP) is 4.97. The fourth-order valence-electron chi connectivity index (χ4n) is 2.79. The van der Waals surface area contributed by atoms with E-state index in [9.17, 15) is 0 Å². The van der Waals surface area contributed by atoms with Crippen LogP contribution in [0, 0.1) is 0 Å². The molecule has 0 unspecified atom stereocenters. The maximum atomic E-state index is 5.60. The van der Waals surface area contributed by atoms with Gasteiger partial charge in [-0.25, -0.2) is 0 Å². The molecule has 0 radical (unpaired) electrons. The number of rotatable bonds is 16. The molecule has 0 aromatic carbocycles. The van der Waals surface area contributed by atoms with Gasteiger partial charge in [-0.05, 0) is 45.4 Å². The summed E-state index contributed by atoms with van der Waals surface area (Å²) in [5, 5.41) is 0. The van der Waals surface area contributed by atoms with Crippen molar-refractivity contribution in [3.8, 4) is 0 Å². The van der Waals surface area contributed by atoms with Crippen molar-refractivity contribution in [2.24, 2.45) is 5.73 Å². The minimum absolute atomic E-state index is 0.832. The van der Waals surface area contributed by atoms with E-state index in [-0.39, 0.29) is 0 Å². The summed E-state index contributed by atoms with van der Waals surface area (Å²) in [5.74, 6) is 0. The maximum Gasteiger partial charge on any atom is -0.000672 e. The lowest BCUT2D eigenvalue weighted by Gasteiger charge is -2.21. The smallest absolute Gasteiger partial charge is 0.000672 e. The fourth-order valence-corrected chi connectivity index (χ4v) is 2.79. The molecule has 0 bridgehead atoms. The van der Waals surface area contributed by atoms with Crippen molar-refractivity contribution in [2.45, 2.75) is 90.9 Å². The second-order valence-corrected chi connectivity index (χ2v) is 6.17. The predicted molar refractivity (Wildman–Crippen MR) is 92.2 cm³/mol. The summed E-state index contributed by atoms with van der Waals surface area (Å²) in [4.78, 5) is 2.59. The van der Waals surface area contributed by atoms with Crippen molar-refractivity contribution in [3.05, 3.63) is 0 Å². The zero-order valence-electron chi connectivity index (χ0n) is 14.3. The molecule has 0 aliphatic heterocycles. The van der Waals surface area contributed by atoms with E-state index < -0.39 is 0 Å². The number of nitrogens with two attached hydrogens (primary N) is 1. The van der Waals surface area contributed by atoms with Crippen LogP contribution in [0.3, 0.4) is 0 Å². The second-order valence-electron chi connectivity index (χ2n) is 6.17. The number of unbranched alkanes of at least 4 members (excludes halogenated alkanes) is 9. The average Bonchev–Trinajstić information content (AvgIpc) is 2.46. The van der Waals surface area contributed by atoms with E-state index >= 15 is 0 Å². The molecule has 0 heterocycles. The average molecular weight is 285 g/mol. The van der Waals surface area contributed by atoms with Crippen LogP contribution in [-0.2, 0) is 0 Å². The molecule has 2 heteroatoms. The van der Waals surface area contributed by atoms with Crippen molar-refractivity contribution in [1.82, 2.24) is 4.90 Å². The molecule has 2 nitrogen and oxygen atoms in total. The molecule has 0 aromatic rings. The van der Waals surface area contributed by atoms with Crippen molar-refractivity contribution in [3.63, 3.8) is 0 Å². The van der Waals surface area contributed by atoms with Crippen LogP contribution >= 0.6 is 0 Å². The molecule has 0 fully saturated rings. The van der Waals surface area contributed by atoms with Crippen LogP contribution in [0.25, 0.3) is 0 Å². The summed E-state index contributed by atoms with van der Waals surface area (Å²) in [6.45, 7) is 9.12. The molecule has 0 rings (SSSR count). The molecular weight excluding hydrogens is 244 g/mol. The second kappa shape index (κ2) is 17.0. The van der Waals surface area contributed by atoms with Gasteiger partial charge in [0.2, 0.25) is 0 Å². The zero-order valence-corrected chi connectivity index (χ0v) is 14.3. The first-order chi connectivity index (χ1) is 9.85. The highest BCUT2D eigenvalue weighted by Gasteiger charge is 2.02. The molecule has 0 spiro atoms. The summed E-state index contributed by atoms with van der Waals surface area (Å²) in [6, 6.07) is 0. The lowest BCUT2D eigenvalue weighted by atomic mass is 10.1. The van der Waals surface area contributed by atoms with Gasteiger partial charge in [0.15, 0.2) is 0 Å². The monoisotopic (exact) mass is 284 g/mol. The normalized spacial score (nSPS) is 11.4. The largest absolute Gasteiger partial charge is 0.330 e. The summed E-state index contributed by atoms with van der Waals surface area (Å²) in [5.41, 5.74) is 5.60. The molecule has 2 N–H and O–H groups in total. The Morgan fingerprint density at radius 2 is 1.05 bits per heavy atom. The SMILES string of the molecule is CCCCCCCCCCCCN(CCC)CCCN. The van der Waals surface area contributed by atoms with E-state index in [2.05, 4.69) is 18.7 Å². The van der Waals surface area contributed by atoms with Crippen LogP contribution in [0.5, 0.6) is 0 Å². The van der Waals surface area contributed by atoms with Crippen LogP contribution in [0.15, 0.2) is 0 Å². The third-order valence-corrected chi connectivity index (χ3v) is 4.05. The maximum absolute atomic E-state index is 5.60. The lowest BCUT2D eigenvalue weighted by molar-refractivity contribution is 0.265. The van der Waals surface area contributed by atoms with Crippen LogP contribution in [0.1, 0.15) is 90.9 Å². The fraction of sp³-hybridized carbons (Fsp3) is 1.00. The van der Waals surface area contributed by atoms with Crippen LogP contribution in [0.4, 0.5) is 0 Å². The van der Waals surface area contributed by atoms with Crippen molar-refractivity contribution < 1.29 is 0 Å². The van der Waals surface area contributed by atoms with E-state index in [1.165, 1.54) is 90.3 Å². The lowest BCUT2D eigenvalue weighted by Crippen LogP contribution is -2.28. The molecule has 20 heavy (non-hydrogen) atoms. The van der Waals surface area contributed by atoms with Gasteiger partial charge in [-0.1, -0.05) is 71.6 Å². The minimum Gasteiger partial charge on any atom is -0.330 e. The molecule has 0 aromatic heterocycles. The summed E-state index contributed by atoms with van der Waals surface area (Å²) < 4.78 is 0. The van der Waals surface area contributed by atoms with Crippen molar-refractivity contribution >= 4 is 0 Å². The molecule has 0 saturated heterocycles. The molecule has 0 saturated carbocycles. The highest BCUT2D eigenvalue weighted by Crippen LogP contribution is 2.10. The number of hydrogen-bond acceptors (Lipinski definition) is 2. The van der Waals surface area contributed by atoms with Gasteiger partial charge in [0, 0.05) is 0 Å². The van der Waals surface area contributed by atoms with E-state index in [0.717, 1.165) is 13.0 Å². The third kappa shape index (κ3) is 14.3. The first-order valence-corrected chi connectivity index (χ1v) is 9.27. The molecular formula is C18H40N2. The van der Waals surface area contributed by atoms with Gasteiger partial charge in [0.1, 0.15) is 0 Å². The van der Waals surface area contributed by atoms with E-state index in [0.29, 0.717) is 0 Å². The topological polar surface area (TPSA) is 29.3 Å². The Bertz CT molecular complexity index is 171. The van der Waals surface area contributed by atoms with Gasteiger partial charge < -0.3 is 10.6 Å². The highest BCUT2D eigenvalue weighted by atomic mass is 15.1. The highest BCUT2D eigenvalue weighted by molar-refractivity contribution is 4.58. The van der Waals surface area contributed by atoms with Gasteiger partial charge in [-0.3, -0.25) is 0 Å². The standard InChI is InChI=1S/C18H40N2/c1-3-5-6-7-8-9-10-11-12-13-17-20(16-4-2)18-14-15-19/h3-19H2,1-2H3. The van der Waals surface area contributed by atoms with Crippen molar-refractivity contribution in [1.29, 1.82) is 0 Å². The molecule has 0 aliphatic carbocycles. The Hall–Kier alpha value is -0.0800. The van der Waals surface area contributed by atoms with E-state index in [4.69, 9.17) is 5.73 Å². The van der Waals surface area contributed by atoms with Gasteiger partial charge >= 0.3 is 0 Å². The van der Waals surface area contributed by atoms with E-state index in [1.807, 2.05) is 0 Å². The Kier molecular flexibility index (Phi) is 16.9. The van der Waals surface area contributed by atoms with Crippen molar-refractivity contribution in [2.75, 3.05) is 26.2 Å². The van der Waals surface area contributed by atoms with Crippen LogP contribution in [-0.4, -0.2) is 31.1 Å². The molecule has 122 valence electrons. The van der Waals surface area contributed by atoms with Crippen LogP contribution < -0.4 is 5.73 Å². The summed E-state index contributed by atoms with van der Waals surface area (Å²) in [7, 11) is 0. The van der Waals surface area contributed by atoms with Gasteiger partial charge in [0.25, 0.3) is 0 Å². The minimum atomic E-state index is 0.832. The van der Waals surface area contributed by atoms with Gasteiger partial charge in [-0.15, -0.1) is 0 Å². The Morgan fingerprint density at radius 1 is 0.550 bits per heavy atom. The number of nitrogens with zero attached hydrogens (tertiary/aromatic N) is 1. The van der Waals surface area contributed by atoms with Crippen LogP contribution in [0.2, 0.25) is 0 Å². The third-order valence-electron chi connectivity index (χ3n) is 4.05. The number of hydrogen-bond donors (Lipinski definition) is 1. The first kappa shape index (κ1) is 19.9. The van der Waals surface area contributed by atoms with Gasteiger partial charge in [0.05, 0.1) is 0 Å².